The van der Waals surface area contributed by atoms with Gasteiger partial charge in [0.15, 0.2) is 0 Å². The zero-order chi connectivity index (χ0) is 13.8. The molecule has 2 aromatic carbocycles. The topological polar surface area (TPSA) is 29.5 Å². The number of ether oxygens (including phenoxy) is 1. The number of halogens is 1. The molecule has 1 N–H and O–H groups in total. The molecule has 0 saturated carbocycles. The van der Waals surface area contributed by atoms with Gasteiger partial charge in [-0.15, -0.1) is 0 Å². The second-order valence-electron chi connectivity index (χ2n) is 4.14. The van der Waals surface area contributed by atoms with E-state index < -0.39 is 6.10 Å². The Balaban J connectivity index is 2.26. The average Bonchev–Trinajstić information content (AvgIpc) is 2.41. The molecular weight excluding hydrogens is 263 g/mol. The molecule has 0 unspecified atom stereocenters. The van der Waals surface area contributed by atoms with E-state index in [4.69, 9.17) is 4.74 Å². The zero-order valence-corrected chi connectivity index (χ0v) is 11.6. The highest BCUT2D eigenvalue weighted by molar-refractivity contribution is 7.99. The predicted octanol–water partition coefficient (Wildman–Crippen LogP) is 4.04. The normalized spacial score (nSPS) is 12.2. The maximum atomic E-state index is 13.2. The summed E-state index contributed by atoms with van der Waals surface area (Å²) in [5.74, 6) is 0.453. The van der Waals surface area contributed by atoms with Gasteiger partial charge in [-0.25, -0.2) is 4.39 Å². The van der Waals surface area contributed by atoms with Crippen molar-refractivity contribution in [3.05, 3.63) is 53.8 Å². The molecule has 0 heterocycles. The van der Waals surface area contributed by atoms with Crippen molar-refractivity contribution in [2.75, 3.05) is 7.11 Å². The summed E-state index contributed by atoms with van der Waals surface area (Å²) in [4.78, 5) is 1.86. The van der Waals surface area contributed by atoms with Crippen LogP contribution in [-0.2, 0) is 0 Å². The SMILES string of the molecule is COc1ccc(Sc2ccc(F)cc2[C@@H](C)O)cc1. The summed E-state index contributed by atoms with van der Waals surface area (Å²) in [7, 11) is 1.62. The van der Waals surface area contributed by atoms with Gasteiger partial charge in [0.2, 0.25) is 0 Å². The van der Waals surface area contributed by atoms with Crippen LogP contribution in [-0.4, -0.2) is 12.2 Å². The molecule has 0 aliphatic heterocycles. The van der Waals surface area contributed by atoms with Crippen LogP contribution >= 0.6 is 11.8 Å². The lowest BCUT2D eigenvalue weighted by molar-refractivity contribution is 0.196. The van der Waals surface area contributed by atoms with Crippen LogP contribution in [0.1, 0.15) is 18.6 Å². The van der Waals surface area contributed by atoms with Crippen molar-refractivity contribution < 1.29 is 14.2 Å². The average molecular weight is 278 g/mol. The zero-order valence-electron chi connectivity index (χ0n) is 10.8. The van der Waals surface area contributed by atoms with Crippen molar-refractivity contribution in [2.45, 2.75) is 22.8 Å². The fourth-order valence-electron chi connectivity index (χ4n) is 1.71. The van der Waals surface area contributed by atoms with Crippen molar-refractivity contribution in [3.8, 4) is 5.75 Å². The minimum atomic E-state index is -0.698. The van der Waals surface area contributed by atoms with E-state index in [1.807, 2.05) is 24.3 Å². The lowest BCUT2D eigenvalue weighted by Crippen LogP contribution is -1.95. The molecule has 2 nitrogen and oxygen atoms in total. The summed E-state index contributed by atoms with van der Waals surface area (Å²) in [5.41, 5.74) is 0.598. The first-order chi connectivity index (χ1) is 9.10. The Kier molecular flexibility index (Phi) is 4.45. The third-order valence-electron chi connectivity index (χ3n) is 2.71. The van der Waals surface area contributed by atoms with Crippen LogP contribution in [0.25, 0.3) is 0 Å². The fourth-order valence-corrected chi connectivity index (χ4v) is 2.72. The maximum Gasteiger partial charge on any atom is 0.123 e. The first-order valence-corrected chi connectivity index (χ1v) is 6.71. The molecule has 0 aliphatic carbocycles. The summed E-state index contributed by atoms with van der Waals surface area (Å²) >= 11 is 1.49. The smallest absolute Gasteiger partial charge is 0.123 e. The van der Waals surface area contributed by atoms with Gasteiger partial charge in [0.1, 0.15) is 11.6 Å². The van der Waals surface area contributed by atoms with Crippen LogP contribution < -0.4 is 4.74 Å². The summed E-state index contributed by atoms with van der Waals surface area (Å²) in [6.45, 7) is 1.63. The van der Waals surface area contributed by atoms with Crippen molar-refractivity contribution >= 4 is 11.8 Å². The van der Waals surface area contributed by atoms with Crippen LogP contribution in [0.4, 0.5) is 4.39 Å². The lowest BCUT2D eigenvalue weighted by Gasteiger charge is -2.12. The van der Waals surface area contributed by atoms with Gasteiger partial charge in [-0.2, -0.15) is 0 Å². The van der Waals surface area contributed by atoms with E-state index in [0.29, 0.717) is 5.56 Å². The highest BCUT2D eigenvalue weighted by atomic mass is 32.2. The maximum absolute atomic E-state index is 13.2. The van der Waals surface area contributed by atoms with Crippen LogP contribution in [0.2, 0.25) is 0 Å². The minimum absolute atomic E-state index is 0.338. The van der Waals surface area contributed by atoms with Crippen molar-refractivity contribution in [2.24, 2.45) is 0 Å². The molecule has 0 saturated heterocycles. The first-order valence-electron chi connectivity index (χ1n) is 5.89. The molecule has 0 amide bonds. The standard InChI is InChI=1S/C15H15FO2S/c1-10(17)14-9-11(16)3-8-15(14)19-13-6-4-12(18-2)5-7-13/h3-10,17H,1-2H3/t10-/m1/s1. The van der Waals surface area contributed by atoms with Gasteiger partial charge >= 0.3 is 0 Å². The van der Waals surface area contributed by atoms with Gasteiger partial charge in [-0.05, 0) is 55.0 Å². The number of aliphatic hydroxyl groups excluding tert-OH is 1. The Morgan fingerprint density at radius 2 is 1.84 bits per heavy atom. The van der Waals surface area contributed by atoms with E-state index in [0.717, 1.165) is 15.5 Å². The van der Waals surface area contributed by atoms with Crippen LogP contribution in [0.15, 0.2) is 52.3 Å². The van der Waals surface area contributed by atoms with Crippen LogP contribution in [0.3, 0.4) is 0 Å². The quantitative estimate of drug-likeness (QED) is 0.915. The Hall–Kier alpha value is -1.52. The second-order valence-corrected chi connectivity index (χ2v) is 5.25. The molecule has 0 fully saturated rings. The summed E-state index contributed by atoms with van der Waals surface area (Å²) in [6.07, 6.45) is -0.698. The number of hydrogen-bond donors (Lipinski definition) is 1. The van der Waals surface area contributed by atoms with E-state index >= 15 is 0 Å². The second kappa shape index (κ2) is 6.08. The molecule has 0 aromatic heterocycles. The van der Waals surface area contributed by atoms with Crippen molar-refractivity contribution in [3.63, 3.8) is 0 Å². The Morgan fingerprint density at radius 1 is 1.16 bits per heavy atom. The van der Waals surface area contributed by atoms with E-state index in [1.165, 1.54) is 23.9 Å². The van der Waals surface area contributed by atoms with E-state index in [-0.39, 0.29) is 5.82 Å². The number of benzene rings is 2. The van der Waals surface area contributed by atoms with Gasteiger partial charge in [-0.1, -0.05) is 11.8 Å². The van der Waals surface area contributed by atoms with Gasteiger partial charge in [-0.3, -0.25) is 0 Å². The van der Waals surface area contributed by atoms with Gasteiger partial charge in [0.25, 0.3) is 0 Å². The van der Waals surface area contributed by atoms with Crippen molar-refractivity contribution in [1.82, 2.24) is 0 Å². The van der Waals surface area contributed by atoms with Gasteiger partial charge in [0.05, 0.1) is 13.2 Å². The molecule has 0 radical (unpaired) electrons. The van der Waals surface area contributed by atoms with E-state index in [9.17, 15) is 9.50 Å². The number of aliphatic hydroxyl groups is 1. The molecular formula is C15H15FO2S. The molecule has 1 atom stereocenters. The number of rotatable bonds is 4. The van der Waals surface area contributed by atoms with Gasteiger partial charge in [0, 0.05) is 9.79 Å². The molecule has 2 rings (SSSR count). The molecule has 2 aromatic rings. The largest absolute Gasteiger partial charge is 0.497 e. The molecule has 0 bridgehead atoms. The summed E-state index contributed by atoms with van der Waals surface area (Å²) < 4.78 is 18.3. The number of hydrogen-bond acceptors (Lipinski definition) is 3. The molecule has 100 valence electrons. The Morgan fingerprint density at radius 3 is 2.42 bits per heavy atom. The van der Waals surface area contributed by atoms with Crippen LogP contribution in [0, 0.1) is 5.82 Å². The fraction of sp³-hybridized carbons (Fsp3) is 0.200. The molecule has 0 aliphatic rings. The Labute approximate surface area is 116 Å². The molecule has 0 spiro atoms. The third kappa shape index (κ3) is 3.49. The van der Waals surface area contributed by atoms with Gasteiger partial charge < -0.3 is 9.84 Å². The molecule has 4 heteroatoms. The third-order valence-corrected chi connectivity index (χ3v) is 3.81. The van der Waals surface area contributed by atoms with E-state index in [2.05, 4.69) is 0 Å². The van der Waals surface area contributed by atoms with Crippen LogP contribution in [0.5, 0.6) is 5.75 Å². The highest BCUT2D eigenvalue weighted by Crippen LogP contribution is 2.34. The number of methoxy groups -OCH3 is 1. The van der Waals surface area contributed by atoms with E-state index in [1.54, 1.807) is 20.1 Å². The predicted molar refractivity (Wildman–Crippen MR) is 74.2 cm³/mol. The summed E-state index contributed by atoms with van der Waals surface area (Å²) in [5, 5.41) is 9.69. The minimum Gasteiger partial charge on any atom is -0.497 e. The summed E-state index contributed by atoms with van der Waals surface area (Å²) in [6, 6.07) is 12.1. The Bertz CT molecular complexity index is 553. The monoisotopic (exact) mass is 278 g/mol. The highest BCUT2D eigenvalue weighted by Gasteiger charge is 2.10. The first kappa shape index (κ1) is 13.9. The van der Waals surface area contributed by atoms with Crippen molar-refractivity contribution in [1.29, 1.82) is 0 Å². The molecule has 19 heavy (non-hydrogen) atoms. The lowest BCUT2D eigenvalue weighted by atomic mass is 10.1.